The minimum absolute atomic E-state index is 0.494. The van der Waals surface area contributed by atoms with Crippen LogP contribution in [0.3, 0.4) is 0 Å². The van der Waals surface area contributed by atoms with Crippen LogP contribution in [-0.4, -0.2) is 49.8 Å². The molecule has 2 fully saturated rings. The van der Waals surface area contributed by atoms with Crippen molar-refractivity contribution in [1.29, 1.82) is 0 Å². The Morgan fingerprint density at radius 2 is 2.00 bits per heavy atom. The number of ether oxygens (including phenoxy) is 1. The Balaban J connectivity index is 1.67. The Morgan fingerprint density at radius 1 is 1.21 bits per heavy atom. The quantitative estimate of drug-likeness (QED) is 0.727. The van der Waals surface area contributed by atoms with E-state index >= 15 is 0 Å². The summed E-state index contributed by atoms with van der Waals surface area (Å²) in [6.07, 6.45) is 4.68. The molecule has 3 heteroatoms. The molecule has 2 heterocycles. The molecule has 2 aliphatic rings. The van der Waals surface area contributed by atoms with Gasteiger partial charge in [-0.15, -0.1) is 0 Å². The lowest BCUT2D eigenvalue weighted by Crippen LogP contribution is -2.38. The number of rotatable bonds is 3. The van der Waals surface area contributed by atoms with Gasteiger partial charge in [0.25, 0.3) is 0 Å². The van der Waals surface area contributed by atoms with Gasteiger partial charge >= 0.3 is 0 Å². The van der Waals surface area contributed by atoms with Gasteiger partial charge in [-0.05, 0) is 32.4 Å². The number of hydrogen-bond acceptors (Lipinski definition) is 3. The highest BCUT2D eigenvalue weighted by Crippen LogP contribution is 2.17. The average Bonchev–Trinajstić information content (AvgIpc) is 2.72. The molecule has 0 spiro atoms. The van der Waals surface area contributed by atoms with Crippen LogP contribution in [0.15, 0.2) is 0 Å². The summed E-state index contributed by atoms with van der Waals surface area (Å²) >= 11 is 0. The van der Waals surface area contributed by atoms with Crippen LogP contribution in [0.5, 0.6) is 0 Å². The maximum absolute atomic E-state index is 6.06. The normalized spacial score (nSPS) is 31.1. The standard InChI is InChI=1S/C11H22N2O/c1-2-13-7-4-10(5-8-13)14-11-3-6-12-9-11/h10-12H,2-9H2,1H3. The third-order valence-electron chi connectivity index (χ3n) is 3.38. The Labute approximate surface area is 86.8 Å². The predicted molar refractivity (Wildman–Crippen MR) is 57.5 cm³/mol. The molecule has 1 atom stereocenters. The lowest BCUT2D eigenvalue weighted by molar-refractivity contribution is -0.0328. The van der Waals surface area contributed by atoms with Crippen molar-refractivity contribution in [3.05, 3.63) is 0 Å². The molecule has 2 saturated heterocycles. The first-order chi connectivity index (χ1) is 6.88. The molecule has 2 aliphatic heterocycles. The lowest BCUT2D eigenvalue weighted by atomic mass is 10.1. The summed E-state index contributed by atoms with van der Waals surface area (Å²) in [5.41, 5.74) is 0. The summed E-state index contributed by atoms with van der Waals surface area (Å²) < 4.78 is 6.06. The SMILES string of the molecule is CCN1CCC(OC2CCNC2)CC1. The summed E-state index contributed by atoms with van der Waals surface area (Å²) in [6.45, 7) is 8.08. The van der Waals surface area contributed by atoms with Gasteiger partial charge in [-0.25, -0.2) is 0 Å². The van der Waals surface area contributed by atoms with E-state index in [2.05, 4.69) is 17.1 Å². The molecule has 0 saturated carbocycles. The van der Waals surface area contributed by atoms with Gasteiger partial charge in [0.2, 0.25) is 0 Å². The van der Waals surface area contributed by atoms with Crippen LogP contribution >= 0.6 is 0 Å². The first-order valence-electron chi connectivity index (χ1n) is 5.97. The molecule has 3 nitrogen and oxygen atoms in total. The molecule has 0 aromatic carbocycles. The summed E-state index contributed by atoms with van der Waals surface area (Å²) in [5.74, 6) is 0. The van der Waals surface area contributed by atoms with Crippen molar-refractivity contribution in [1.82, 2.24) is 10.2 Å². The number of hydrogen-bond donors (Lipinski definition) is 1. The van der Waals surface area contributed by atoms with Crippen molar-refractivity contribution in [3.8, 4) is 0 Å². The maximum atomic E-state index is 6.06. The first kappa shape index (κ1) is 10.4. The summed E-state index contributed by atoms with van der Waals surface area (Å²) in [6, 6.07) is 0. The molecule has 14 heavy (non-hydrogen) atoms. The number of piperidine rings is 1. The second-order valence-corrected chi connectivity index (χ2v) is 4.38. The first-order valence-corrected chi connectivity index (χ1v) is 5.97. The second-order valence-electron chi connectivity index (χ2n) is 4.38. The van der Waals surface area contributed by atoms with E-state index in [1.54, 1.807) is 0 Å². The van der Waals surface area contributed by atoms with Crippen LogP contribution in [0, 0.1) is 0 Å². The predicted octanol–water partition coefficient (Wildman–Crippen LogP) is 0.849. The van der Waals surface area contributed by atoms with E-state index in [1.807, 2.05) is 0 Å². The molecular formula is C11H22N2O. The van der Waals surface area contributed by atoms with Crippen molar-refractivity contribution in [2.75, 3.05) is 32.7 Å². The van der Waals surface area contributed by atoms with Crippen LogP contribution in [0.2, 0.25) is 0 Å². The third kappa shape index (κ3) is 2.69. The van der Waals surface area contributed by atoms with Crippen molar-refractivity contribution in [2.45, 2.75) is 38.4 Å². The Kier molecular flexibility index (Phi) is 3.79. The zero-order valence-corrected chi connectivity index (χ0v) is 9.17. The van der Waals surface area contributed by atoms with Crippen LogP contribution in [0.4, 0.5) is 0 Å². The number of nitrogens with one attached hydrogen (secondary N) is 1. The number of likely N-dealkylation sites (tertiary alicyclic amines) is 1. The van der Waals surface area contributed by atoms with Gasteiger partial charge in [-0.3, -0.25) is 0 Å². The van der Waals surface area contributed by atoms with Crippen LogP contribution in [0.25, 0.3) is 0 Å². The summed E-state index contributed by atoms with van der Waals surface area (Å²) in [4.78, 5) is 2.51. The van der Waals surface area contributed by atoms with Gasteiger partial charge in [-0.2, -0.15) is 0 Å². The smallest absolute Gasteiger partial charge is 0.0715 e. The molecule has 0 radical (unpaired) electrons. The Bertz CT molecular complexity index is 161. The largest absolute Gasteiger partial charge is 0.374 e. The van der Waals surface area contributed by atoms with E-state index in [1.165, 1.54) is 38.9 Å². The average molecular weight is 198 g/mol. The summed E-state index contributed by atoms with van der Waals surface area (Å²) in [5, 5.41) is 3.35. The fourth-order valence-electron chi connectivity index (χ4n) is 2.38. The van der Waals surface area contributed by atoms with Gasteiger partial charge in [0, 0.05) is 19.6 Å². The monoisotopic (exact) mass is 198 g/mol. The van der Waals surface area contributed by atoms with Crippen LogP contribution in [-0.2, 0) is 4.74 Å². The van der Waals surface area contributed by atoms with E-state index in [-0.39, 0.29) is 0 Å². The molecule has 1 N–H and O–H groups in total. The fourth-order valence-corrected chi connectivity index (χ4v) is 2.38. The van der Waals surface area contributed by atoms with Crippen molar-refractivity contribution < 1.29 is 4.74 Å². The van der Waals surface area contributed by atoms with E-state index < -0.39 is 0 Å². The zero-order chi connectivity index (χ0) is 9.80. The Hall–Kier alpha value is -0.120. The molecular weight excluding hydrogens is 176 g/mol. The zero-order valence-electron chi connectivity index (χ0n) is 9.17. The summed E-state index contributed by atoms with van der Waals surface area (Å²) in [7, 11) is 0. The van der Waals surface area contributed by atoms with Gasteiger partial charge in [-0.1, -0.05) is 6.92 Å². The minimum atomic E-state index is 0.494. The highest BCUT2D eigenvalue weighted by atomic mass is 16.5. The van der Waals surface area contributed by atoms with Gasteiger partial charge in [0.1, 0.15) is 0 Å². The molecule has 0 aromatic rings. The van der Waals surface area contributed by atoms with E-state index in [0.29, 0.717) is 12.2 Å². The fraction of sp³-hybridized carbons (Fsp3) is 1.00. The van der Waals surface area contributed by atoms with E-state index in [9.17, 15) is 0 Å². The molecule has 0 bridgehead atoms. The van der Waals surface area contributed by atoms with Gasteiger partial charge in [0.15, 0.2) is 0 Å². The molecule has 2 rings (SSSR count). The second kappa shape index (κ2) is 5.10. The topological polar surface area (TPSA) is 24.5 Å². The molecule has 82 valence electrons. The van der Waals surface area contributed by atoms with Crippen molar-refractivity contribution >= 4 is 0 Å². The van der Waals surface area contributed by atoms with Crippen molar-refractivity contribution in [2.24, 2.45) is 0 Å². The number of nitrogens with zero attached hydrogens (tertiary/aromatic N) is 1. The molecule has 0 amide bonds. The molecule has 1 unspecified atom stereocenters. The lowest BCUT2D eigenvalue weighted by Gasteiger charge is -2.32. The van der Waals surface area contributed by atoms with Gasteiger partial charge in [0.05, 0.1) is 12.2 Å². The molecule has 0 aliphatic carbocycles. The van der Waals surface area contributed by atoms with Gasteiger partial charge < -0.3 is 15.0 Å². The molecule has 0 aromatic heterocycles. The minimum Gasteiger partial charge on any atom is -0.374 e. The Morgan fingerprint density at radius 3 is 2.57 bits per heavy atom. The maximum Gasteiger partial charge on any atom is 0.0715 e. The van der Waals surface area contributed by atoms with Crippen molar-refractivity contribution in [3.63, 3.8) is 0 Å². The van der Waals surface area contributed by atoms with E-state index in [4.69, 9.17) is 4.74 Å². The highest BCUT2D eigenvalue weighted by Gasteiger charge is 2.23. The van der Waals surface area contributed by atoms with Crippen LogP contribution < -0.4 is 5.32 Å². The van der Waals surface area contributed by atoms with Crippen LogP contribution in [0.1, 0.15) is 26.2 Å². The highest BCUT2D eigenvalue weighted by molar-refractivity contribution is 4.77. The van der Waals surface area contributed by atoms with E-state index in [0.717, 1.165) is 13.1 Å². The third-order valence-corrected chi connectivity index (χ3v) is 3.38.